The van der Waals surface area contributed by atoms with Gasteiger partial charge >= 0.3 is 6.09 Å². The molecule has 0 radical (unpaired) electrons. The fraction of sp³-hybridized carbons (Fsp3) is 0.483. The van der Waals surface area contributed by atoms with E-state index < -0.39 is 5.60 Å². The van der Waals surface area contributed by atoms with Crippen LogP contribution in [0.1, 0.15) is 45.2 Å². The van der Waals surface area contributed by atoms with Crippen molar-refractivity contribution in [2.45, 2.75) is 45.1 Å². The summed E-state index contributed by atoms with van der Waals surface area (Å²) in [4.78, 5) is 28.2. The van der Waals surface area contributed by atoms with Crippen molar-refractivity contribution in [2.75, 3.05) is 61.4 Å². The Morgan fingerprint density at radius 3 is 2.38 bits per heavy atom. The number of phenolic OH excluding ortho intramolecular Hbond substituents is 1. The molecule has 1 aromatic carbocycles. The second-order valence-electron chi connectivity index (χ2n) is 11.2. The number of anilines is 3. The van der Waals surface area contributed by atoms with Crippen LogP contribution in [0.3, 0.4) is 0 Å². The number of hydrogen-bond acceptors (Lipinski definition) is 10. The number of carbonyl (C=O) groups is 1. The number of aromatic nitrogens is 4. The molecule has 2 aliphatic heterocycles. The van der Waals surface area contributed by atoms with E-state index in [0.717, 1.165) is 56.4 Å². The lowest BCUT2D eigenvalue weighted by Crippen LogP contribution is -2.47. The monoisotopic (exact) mass is 546 g/mol. The van der Waals surface area contributed by atoms with E-state index in [1.165, 1.54) is 0 Å². The van der Waals surface area contributed by atoms with Gasteiger partial charge < -0.3 is 29.9 Å². The standard InChI is InChI=1S/C29H38N8O3/c1-29(2,3)40-28(39)37-13-10-20(11-14-37)22-9-12-31-27(32-22)36-17-15-35(16-18-36)24-19-23(33-34-26(24)30-4)21-7-5-6-8-25(21)38/h5-9,12,19-20,38H,10-11,13-18H2,1-4H3,(H,30,34). The van der Waals surface area contributed by atoms with Crippen LogP contribution in [0.25, 0.3) is 11.3 Å². The van der Waals surface area contributed by atoms with Gasteiger partial charge in [0.25, 0.3) is 0 Å². The van der Waals surface area contributed by atoms with Crippen molar-refractivity contribution >= 4 is 23.5 Å². The van der Waals surface area contributed by atoms with E-state index >= 15 is 0 Å². The summed E-state index contributed by atoms with van der Waals surface area (Å²) in [6, 6.07) is 11.1. The molecule has 2 fully saturated rings. The van der Waals surface area contributed by atoms with Crippen LogP contribution >= 0.6 is 0 Å². The summed E-state index contributed by atoms with van der Waals surface area (Å²) in [5, 5.41) is 22.2. The predicted octanol–water partition coefficient (Wildman–Crippen LogP) is 4.12. The molecule has 3 aromatic rings. The van der Waals surface area contributed by atoms with Gasteiger partial charge in [-0.05, 0) is 57.9 Å². The van der Waals surface area contributed by atoms with Gasteiger partial charge in [0, 0.05) is 69.7 Å². The molecule has 11 nitrogen and oxygen atoms in total. The Balaban J connectivity index is 1.22. The van der Waals surface area contributed by atoms with Crippen molar-refractivity contribution in [1.82, 2.24) is 25.1 Å². The molecule has 2 aromatic heterocycles. The van der Waals surface area contributed by atoms with Crippen LogP contribution in [0.5, 0.6) is 5.75 Å². The maximum absolute atomic E-state index is 12.4. The van der Waals surface area contributed by atoms with Gasteiger partial charge in [-0.25, -0.2) is 14.8 Å². The summed E-state index contributed by atoms with van der Waals surface area (Å²) in [5.41, 5.74) is 2.76. The number of benzene rings is 1. The molecular weight excluding hydrogens is 508 g/mol. The minimum absolute atomic E-state index is 0.178. The number of piperazine rings is 1. The minimum atomic E-state index is -0.491. The minimum Gasteiger partial charge on any atom is -0.507 e. The molecule has 40 heavy (non-hydrogen) atoms. The first-order valence-corrected chi connectivity index (χ1v) is 13.9. The maximum Gasteiger partial charge on any atom is 0.410 e. The van der Waals surface area contributed by atoms with E-state index in [2.05, 4.69) is 30.3 Å². The Hall–Kier alpha value is -4.15. The lowest BCUT2D eigenvalue weighted by Gasteiger charge is -2.37. The van der Waals surface area contributed by atoms with Gasteiger partial charge in [0.1, 0.15) is 11.4 Å². The molecule has 0 saturated carbocycles. The molecule has 5 rings (SSSR count). The van der Waals surface area contributed by atoms with Crippen LogP contribution in [0.2, 0.25) is 0 Å². The van der Waals surface area contributed by atoms with E-state index in [4.69, 9.17) is 9.72 Å². The number of rotatable bonds is 5. The normalized spacial score (nSPS) is 16.6. The molecule has 0 bridgehead atoms. The third-order valence-corrected chi connectivity index (χ3v) is 7.32. The first kappa shape index (κ1) is 27.4. The topological polar surface area (TPSA) is 120 Å². The summed E-state index contributed by atoms with van der Waals surface area (Å²) < 4.78 is 5.53. The number of nitrogens with one attached hydrogen (secondary N) is 1. The van der Waals surface area contributed by atoms with E-state index in [-0.39, 0.29) is 17.8 Å². The van der Waals surface area contributed by atoms with Crippen LogP contribution < -0.4 is 15.1 Å². The fourth-order valence-electron chi connectivity index (χ4n) is 5.20. The van der Waals surface area contributed by atoms with Crippen molar-refractivity contribution < 1.29 is 14.6 Å². The van der Waals surface area contributed by atoms with Gasteiger partial charge in [0.05, 0.1) is 11.4 Å². The zero-order chi connectivity index (χ0) is 28.3. The third kappa shape index (κ3) is 6.19. The van der Waals surface area contributed by atoms with Gasteiger partial charge in [0.15, 0.2) is 5.82 Å². The Morgan fingerprint density at radius 1 is 1.00 bits per heavy atom. The smallest absolute Gasteiger partial charge is 0.410 e. The number of piperidine rings is 1. The van der Waals surface area contributed by atoms with Crippen molar-refractivity contribution in [3.05, 3.63) is 48.3 Å². The van der Waals surface area contributed by atoms with Gasteiger partial charge in [0.2, 0.25) is 5.95 Å². The number of hydrogen-bond donors (Lipinski definition) is 2. The SMILES string of the molecule is CNc1nnc(-c2ccccc2O)cc1N1CCN(c2nccc(C3CCN(C(=O)OC(C)(C)C)CC3)n2)CC1. The molecule has 2 saturated heterocycles. The van der Waals surface area contributed by atoms with Crippen LogP contribution in [-0.2, 0) is 4.74 Å². The molecule has 0 aliphatic carbocycles. The lowest BCUT2D eigenvalue weighted by molar-refractivity contribution is 0.0204. The quantitative estimate of drug-likeness (QED) is 0.483. The van der Waals surface area contributed by atoms with Gasteiger partial charge in [-0.1, -0.05) is 12.1 Å². The molecule has 2 N–H and O–H groups in total. The maximum atomic E-state index is 12.4. The lowest BCUT2D eigenvalue weighted by atomic mass is 9.93. The summed E-state index contributed by atoms with van der Waals surface area (Å²) in [7, 11) is 1.83. The highest BCUT2D eigenvalue weighted by Gasteiger charge is 2.29. The van der Waals surface area contributed by atoms with Crippen molar-refractivity contribution in [2.24, 2.45) is 0 Å². The van der Waals surface area contributed by atoms with E-state index in [9.17, 15) is 9.90 Å². The number of aromatic hydroxyl groups is 1. The average Bonchev–Trinajstić information content (AvgIpc) is 2.96. The molecule has 11 heteroatoms. The number of amides is 1. The van der Waals surface area contributed by atoms with Crippen LogP contribution in [0.4, 0.5) is 22.2 Å². The second-order valence-corrected chi connectivity index (χ2v) is 11.2. The Bertz CT molecular complexity index is 1330. The molecule has 0 spiro atoms. The van der Waals surface area contributed by atoms with Crippen molar-refractivity contribution in [3.63, 3.8) is 0 Å². The van der Waals surface area contributed by atoms with Gasteiger partial charge in [-0.15, -0.1) is 10.2 Å². The first-order chi connectivity index (χ1) is 19.2. The fourth-order valence-corrected chi connectivity index (χ4v) is 5.20. The van der Waals surface area contributed by atoms with Crippen LogP contribution in [0, 0.1) is 0 Å². The highest BCUT2D eigenvalue weighted by molar-refractivity contribution is 5.75. The number of ether oxygens (including phenoxy) is 1. The van der Waals surface area contributed by atoms with Crippen LogP contribution in [-0.4, -0.2) is 88.2 Å². The summed E-state index contributed by atoms with van der Waals surface area (Å²) in [6.07, 6.45) is 3.30. The summed E-state index contributed by atoms with van der Waals surface area (Å²) in [5.74, 6) is 1.90. The molecule has 0 atom stereocenters. The number of likely N-dealkylation sites (tertiary alicyclic amines) is 1. The van der Waals surface area contributed by atoms with Crippen molar-refractivity contribution in [3.8, 4) is 17.0 Å². The van der Waals surface area contributed by atoms with E-state index in [1.807, 2.05) is 58.3 Å². The third-order valence-electron chi connectivity index (χ3n) is 7.32. The zero-order valence-corrected chi connectivity index (χ0v) is 23.7. The van der Waals surface area contributed by atoms with Crippen molar-refractivity contribution in [1.29, 1.82) is 0 Å². The predicted molar refractivity (Wildman–Crippen MR) is 155 cm³/mol. The Morgan fingerprint density at radius 2 is 1.70 bits per heavy atom. The first-order valence-electron chi connectivity index (χ1n) is 13.9. The average molecular weight is 547 g/mol. The number of para-hydroxylation sites is 1. The van der Waals surface area contributed by atoms with E-state index in [1.54, 1.807) is 17.0 Å². The molecular formula is C29H38N8O3. The van der Waals surface area contributed by atoms with Gasteiger partial charge in [-0.3, -0.25) is 0 Å². The number of carbonyl (C=O) groups excluding carboxylic acids is 1. The largest absolute Gasteiger partial charge is 0.507 e. The highest BCUT2D eigenvalue weighted by Crippen LogP contribution is 2.33. The second kappa shape index (κ2) is 11.5. The number of nitrogens with zero attached hydrogens (tertiary/aromatic N) is 7. The molecule has 0 unspecified atom stereocenters. The Kier molecular flexibility index (Phi) is 7.90. The molecule has 1 amide bonds. The molecule has 2 aliphatic rings. The van der Waals surface area contributed by atoms with Gasteiger partial charge in [-0.2, -0.15) is 0 Å². The zero-order valence-electron chi connectivity index (χ0n) is 23.7. The van der Waals surface area contributed by atoms with Crippen LogP contribution in [0.15, 0.2) is 42.6 Å². The van der Waals surface area contributed by atoms with E-state index in [0.29, 0.717) is 30.2 Å². The Labute approximate surface area is 235 Å². The molecule has 4 heterocycles. The number of phenols is 1. The molecule has 212 valence electrons. The summed E-state index contributed by atoms with van der Waals surface area (Å²) >= 11 is 0. The summed E-state index contributed by atoms with van der Waals surface area (Å²) in [6.45, 7) is 10.0. The highest BCUT2D eigenvalue weighted by atomic mass is 16.6.